The van der Waals surface area contributed by atoms with E-state index in [0.717, 1.165) is 0 Å². The molecule has 2 aromatic rings. The molecule has 2 aromatic carbocycles. The summed E-state index contributed by atoms with van der Waals surface area (Å²) in [6, 6.07) is 5.07. The summed E-state index contributed by atoms with van der Waals surface area (Å²) >= 11 is 0. The Bertz CT molecular complexity index is 1560. The molecule has 1 aliphatic carbocycles. The fourth-order valence-electron chi connectivity index (χ4n) is 5.80. The first kappa shape index (κ1) is 27.1. The third-order valence-corrected chi connectivity index (χ3v) is 7.98. The lowest BCUT2D eigenvalue weighted by atomic mass is 9.70. The predicted molar refractivity (Wildman–Crippen MR) is 142 cm³/mol. The van der Waals surface area contributed by atoms with Crippen molar-refractivity contribution in [2.45, 2.75) is 52.0 Å². The number of ether oxygens (including phenoxy) is 1. The van der Waals surface area contributed by atoms with Gasteiger partial charge in [-0.1, -0.05) is 0 Å². The van der Waals surface area contributed by atoms with Crippen LogP contribution < -0.4 is 10.1 Å². The number of carbonyl (C=O) groups excluding carboxylic acids is 4. The van der Waals surface area contributed by atoms with Gasteiger partial charge in [0.25, 0.3) is 5.91 Å². The van der Waals surface area contributed by atoms with Gasteiger partial charge in [0, 0.05) is 42.0 Å². The minimum Gasteiger partial charge on any atom is -0.507 e. The van der Waals surface area contributed by atoms with Crippen molar-refractivity contribution >= 4 is 23.3 Å². The SMILES string of the molecule is CC(=O)c1c(O)c(C)c(O)c2c1OC1=CC(=O)/C(=C(/C)N[C@H]3CCCN(C(=O)c4ccc(F)cc4)C3)C(=O)[C@@]12C. The lowest BCUT2D eigenvalue weighted by Gasteiger charge is -2.35. The number of Topliss-reactive ketones (excluding diaryl/α,β-unsaturated/α-hetero) is 2. The zero-order valence-electron chi connectivity index (χ0n) is 22.6. The second-order valence-electron chi connectivity index (χ2n) is 10.6. The average Bonchev–Trinajstić information content (AvgIpc) is 3.20. The molecule has 1 amide bonds. The van der Waals surface area contributed by atoms with Gasteiger partial charge < -0.3 is 25.2 Å². The Morgan fingerprint density at radius 3 is 2.45 bits per heavy atom. The summed E-state index contributed by atoms with van der Waals surface area (Å²) in [6.07, 6.45) is 2.54. The minimum absolute atomic E-state index is 0.0215. The minimum atomic E-state index is -1.61. The van der Waals surface area contributed by atoms with Gasteiger partial charge in [-0.2, -0.15) is 0 Å². The Balaban J connectivity index is 1.47. The number of piperidine rings is 1. The van der Waals surface area contributed by atoms with Crippen molar-refractivity contribution in [2.24, 2.45) is 0 Å². The molecular weight excluding hydrogens is 519 g/mol. The van der Waals surface area contributed by atoms with Gasteiger partial charge in [-0.25, -0.2) is 4.39 Å². The summed E-state index contributed by atoms with van der Waals surface area (Å²) in [6.45, 7) is 6.60. The highest BCUT2D eigenvalue weighted by Gasteiger charge is 2.56. The maximum absolute atomic E-state index is 14.0. The Labute approximate surface area is 229 Å². The zero-order chi connectivity index (χ0) is 29.1. The summed E-state index contributed by atoms with van der Waals surface area (Å²) in [7, 11) is 0. The van der Waals surface area contributed by atoms with E-state index >= 15 is 0 Å². The highest BCUT2D eigenvalue weighted by atomic mass is 19.1. The van der Waals surface area contributed by atoms with Crippen LogP contribution >= 0.6 is 0 Å². The Morgan fingerprint density at radius 1 is 1.12 bits per heavy atom. The van der Waals surface area contributed by atoms with Crippen LogP contribution in [0.15, 0.2) is 47.4 Å². The van der Waals surface area contributed by atoms with Gasteiger partial charge in [0.2, 0.25) is 0 Å². The highest BCUT2D eigenvalue weighted by molar-refractivity contribution is 6.31. The number of hydrogen-bond donors (Lipinski definition) is 3. The molecule has 9 nitrogen and oxygen atoms in total. The van der Waals surface area contributed by atoms with E-state index in [1.54, 1.807) is 11.8 Å². The van der Waals surface area contributed by atoms with Crippen LogP contribution in [0.25, 0.3) is 0 Å². The first-order valence-electron chi connectivity index (χ1n) is 13.0. The van der Waals surface area contributed by atoms with Gasteiger partial charge in [-0.3, -0.25) is 19.2 Å². The monoisotopic (exact) mass is 548 g/mol. The number of carbonyl (C=O) groups is 4. The number of allylic oxidation sites excluding steroid dienone is 4. The highest BCUT2D eigenvalue weighted by Crippen LogP contribution is 2.57. The van der Waals surface area contributed by atoms with E-state index in [2.05, 4.69) is 5.32 Å². The third-order valence-electron chi connectivity index (χ3n) is 7.98. The van der Waals surface area contributed by atoms with Crippen LogP contribution in [0.3, 0.4) is 0 Å². The molecule has 2 heterocycles. The van der Waals surface area contributed by atoms with E-state index < -0.39 is 40.1 Å². The number of fused-ring (bicyclic) bond motifs is 3. The molecule has 1 fully saturated rings. The smallest absolute Gasteiger partial charge is 0.253 e. The number of rotatable bonds is 4. The van der Waals surface area contributed by atoms with Crippen LogP contribution in [0.2, 0.25) is 0 Å². The second-order valence-corrected chi connectivity index (χ2v) is 10.6. The van der Waals surface area contributed by atoms with Crippen LogP contribution in [0.5, 0.6) is 17.2 Å². The lowest BCUT2D eigenvalue weighted by molar-refractivity contribution is -0.123. The maximum Gasteiger partial charge on any atom is 0.253 e. The van der Waals surface area contributed by atoms with Crippen molar-refractivity contribution in [1.82, 2.24) is 10.2 Å². The molecule has 5 rings (SSSR count). The van der Waals surface area contributed by atoms with E-state index in [1.165, 1.54) is 51.1 Å². The molecule has 40 heavy (non-hydrogen) atoms. The Kier molecular flexibility index (Phi) is 6.52. The van der Waals surface area contributed by atoms with Crippen LogP contribution in [0, 0.1) is 12.7 Å². The fourth-order valence-corrected chi connectivity index (χ4v) is 5.80. The summed E-state index contributed by atoms with van der Waals surface area (Å²) < 4.78 is 19.1. The molecule has 0 radical (unpaired) electrons. The second kappa shape index (κ2) is 9.62. The Hall–Kier alpha value is -4.47. The number of benzene rings is 2. The topological polar surface area (TPSA) is 133 Å². The average molecular weight is 549 g/mol. The normalized spacial score (nSPS) is 23.2. The molecule has 0 spiro atoms. The van der Waals surface area contributed by atoms with Gasteiger partial charge in [0.05, 0.1) is 11.1 Å². The van der Waals surface area contributed by atoms with E-state index in [9.17, 15) is 33.8 Å². The molecule has 0 bridgehead atoms. The summed E-state index contributed by atoms with van der Waals surface area (Å²) in [5, 5.41) is 24.7. The Morgan fingerprint density at radius 2 is 1.80 bits per heavy atom. The summed E-state index contributed by atoms with van der Waals surface area (Å²) in [5.74, 6) is -3.44. The van der Waals surface area contributed by atoms with Crippen molar-refractivity contribution in [2.75, 3.05) is 13.1 Å². The van der Waals surface area contributed by atoms with Gasteiger partial charge in [0.1, 0.15) is 39.8 Å². The number of nitrogens with zero attached hydrogens (tertiary/aromatic N) is 1. The van der Waals surface area contributed by atoms with Crippen LogP contribution in [-0.2, 0) is 15.0 Å². The van der Waals surface area contributed by atoms with E-state index in [-0.39, 0.29) is 45.7 Å². The molecule has 10 heteroatoms. The van der Waals surface area contributed by atoms with E-state index in [0.29, 0.717) is 37.2 Å². The molecule has 0 saturated carbocycles. The number of hydrogen-bond acceptors (Lipinski definition) is 8. The zero-order valence-corrected chi connectivity index (χ0v) is 22.6. The van der Waals surface area contributed by atoms with E-state index in [1.807, 2.05) is 0 Å². The van der Waals surface area contributed by atoms with Crippen molar-refractivity contribution < 1.29 is 38.5 Å². The number of nitrogens with one attached hydrogen (secondary N) is 1. The number of halogens is 1. The molecule has 3 aliphatic rings. The number of ketones is 3. The third kappa shape index (κ3) is 4.06. The molecule has 1 saturated heterocycles. The van der Waals surface area contributed by atoms with Gasteiger partial charge >= 0.3 is 0 Å². The molecule has 2 atom stereocenters. The molecular formula is C30H29FN2O7. The number of phenols is 2. The first-order chi connectivity index (χ1) is 18.9. The fraction of sp³-hybridized carbons (Fsp3) is 0.333. The maximum atomic E-state index is 14.0. The number of phenolic OH excluding ortho intramolecular Hbond substituents is 2. The predicted octanol–water partition coefficient (Wildman–Crippen LogP) is 3.60. The quantitative estimate of drug-likeness (QED) is 0.300. The van der Waals surface area contributed by atoms with Crippen LogP contribution in [0.1, 0.15) is 65.5 Å². The molecule has 2 aliphatic heterocycles. The van der Waals surface area contributed by atoms with Crippen molar-refractivity contribution in [1.29, 1.82) is 0 Å². The summed E-state index contributed by atoms with van der Waals surface area (Å²) in [5.41, 5.74) is -1.18. The van der Waals surface area contributed by atoms with Crippen molar-refractivity contribution in [3.8, 4) is 17.2 Å². The van der Waals surface area contributed by atoms with E-state index in [4.69, 9.17) is 4.74 Å². The van der Waals surface area contributed by atoms with Crippen LogP contribution in [0.4, 0.5) is 4.39 Å². The number of aromatic hydroxyl groups is 2. The van der Waals surface area contributed by atoms with Gasteiger partial charge in [-0.15, -0.1) is 0 Å². The van der Waals surface area contributed by atoms with Gasteiger partial charge in [0.15, 0.2) is 17.3 Å². The molecule has 208 valence electrons. The largest absolute Gasteiger partial charge is 0.507 e. The van der Waals surface area contributed by atoms with Crippen molar-refractivity contribution in [3.63, 3.8) is 0 Å². The lowest BCUT2D eigenvalue weighted by Crippen LogP contribution is -2.48. The first-order valence-corrected chi connectivity index (χ1v) is 13.0. The molecule has 0 unspecified atom stereocenters. The summed E-state index contributed by atoms with van der Waals surface area (Å²) in [4.78, 5) is 54.2. The van der Waals surface area contributed by atoms with Crippen LogP contribution in [-0.4, -0.2) is 57.5 Å². The molecule has 0 aromatic heterocycles. The molecule has 3 N–H and O–H groups in total. The van der Waals surface area contributed by atoms with Gasteiger partial charge in [-0.05, 0) is 64.8 Å². The number of likely N-dealkylation sites (tertiary alicyclic amines) is 1. The standard InChI is InChI=1S/C30H29FN2O7/c1-14-25(36)23(16(3)34)27-24(26(14)37)30(4)21(40-27)12-20(35)22(28(30)38)15(2)32-19-6-5-11-33(13-19)29(39)17-7-9-18(31)10-8-17/h7-10,12,19,32,36-37H,5-6,11,13H2,1-4H3/b22-15+/t19-,30-/m0/s1. The van der Waals surface area contributed by atoms with Crippen molar-refractivity contribution in [3.05, 3.63) is 75.4 Å². The number of amides is 1.